The highest BCUT2D eigenvalue weighted by Gasteiger charge is 2.17. The molecule has 0 radical (unpaired) electrons. The average Bonchev–Trinajstić information content (AvgIpc) is 2.79. The first-order valence-corrected chi connectivity index (χ1v) is 11.0. The summed E-state index contributed by atoms with van der Waals surface area (Å²) in [7, 11) is 0. The number of rotatable bonds is 8. The van der Waals surface area contributed by atoms with Crippen LogP contribution in [-0.2, 0) is 4.89 Å². The molecule has 0 aliphatic rings. The molecule has 32 heavy (non-hydrogen) atoms. The molecule has 0 fully saturated rings. The Hall–Kier alpha value is -3.34. The number of phenols is 1. The summed E-state index contributed by atoms with van der Waals surface area (Å²) in [6.45, 7) is 5.09. The largest absolute Gasteiger partial charge is 0.506 e. The van der Waals surface area contributed by atoms with Crippen LogP contribution in [0.3, 0.4) is 0 Å². The van der Waals surface area contributed by atoms with Gasteiger partial charge >= 0.3 is 0 Å². The van der Waals surface area contributed by atoms with E-state index in [-0.39, 0.29) is 17.2 Å². The summed E-state index contributed by atoms with van der Waals surface area (Å²) in [4.78, 5) is 17.2. The van der Waals surface area contributed by atoms with Gasteiger partial charge in [-0.05, 0) is 61.5 Å². The average molecular weight is 452 g/mol. The van der Waals surface area contributed by atoms with Crippen molar-refractivity contribution in [3.8, 4) is 22.9 Å². The highest BCUT2D eigenvalue weighted by molar-refractivity contribution is 8.04. The third kappa shape index (κ3) is 5.88. The maximum atomic E-state index is 12.7. The van der Waals surface area contributed by atoms with E-state index in [2.05, 4.69) is 27.6 Å². The number of carbonyl (C=O) groups excluding carboxylic acids is 1. The molecule has 0 unspecified atom stereocenters. The molecule has 0 saturated carbocycles. The quantitative estimate of drug-likeness (QED) is 0.143. The van der Waals surface area contributed by atoms with Crippen molar-refractivity contribution in [2.24, 2.45) is 0 Å². The van der Waals surface area contributed by atoms with Crippen molar-refractivity contribution < 1.29 is 24.8 Å². The minimum Gasteiger partial charge on any atom is -0.506 e. The normalized spacial score (nSPS) is 10.3. The molecule has 6 nitrogen and oxygen atoms in total. The summed E-state index contributed by atoms with van der Waals surface area (Å²) in [5, 5.41) is 25.8. The Labute approximate surface area is 191 Å². The number of carbonyl (C=O) groups is 1. The summed E-state index contributed by atoms with van der Waals surface area (Å²) in [5.41, 5.74) is 2.48. The minimum atomic E-state index is -0.364. The lowest BCUT2D eigenvalue weighted by Crippen LogP contribution is -2.25. The first-order valence-electron chi connectivity index (χ1n) is 10.2. The van der Waals surface area contributed by atoms with Gasteiger partial charge in [-0.1, -0.05) is 42.0 Å². The number of fused-ring (bicyclic) bond motifs is 1. The second-order valence-electron chi connectivity index (χ2n) is 7.29. The van der Waals surface area contributed by atoms with E-state index < -0.39 is 0 Å². The van der Waals surface area contributed by atoms with Crippen LogP contribution in [0.2, 0.25) is 0 Å². The molecule has 3 rings (SSSR count). The molecule has 3 N–H and O–H groups in total. The van der Waals surface area contributed by atoms with Gasteiger partial charge in [0.25, 0.3) is 5.91 Å². The molecule has 0 bridgehead atoms. The van der Waals surface area contributed by atoms with Gasteiger partial charge in [0.1, 0.15) is 11.5 Å². The molecule has 1 amide bonds. The van der Waals surface area contributed by atoms with Crippen LogP contribution in [-0.4, -0.2) is 29.4 Å². The van der Waals surface area contributed by atoms with E-state index in [1.165, 1.54) is 5.56 Å². The smallest absolute Gasteiger partial charge is 0.255 e. The number of thioether (sulfide) groups is 1. The van der Waals surface area contributed by atoms with Gasteiger partial charge in [0.05, 0.1) is 12.2 Å². The Balaban J connectivity index is 1.58. The first kappa shape index (κ1) is 23.3. The monoisotopic (exact) mass is 451 g/mol. The van der Waals surface area contributed by atoms with Crippen LogP contribution in [0.1, 0.15) is 34.3 Å². The van der Waals surface area contributed by atoms with Gasteiger partial charge in [0.2, 0.25) is 0 Å². The van der Waals surface area contributed by atoms with Gasteiger partial charge in [-0.25, -0.2) is 0 Å². The van der Waals surface area contributed by atoms with E-state index >= 15 is 0 Å². The number of amides is 1. The molecular formula is C25H25NO5S. The Morgan fingerprint density at radius 3 is 2.62 bits per heavy atom. The molecule has 0 atom stereocenters. The second kappa shape index (κ2) is 11.3. The van der Waals surface area contributed by atoms with E-state index in [9.17, 15) is 9.90 Å². The third-order valence-corrected chi connectivity index (χ3v) is 5.66. The number of aromatic hydroxyl groups is 1. The topological polar surface area (TPSA) is 88.0 Å². The first-order chi connectivity index (χ1) is 15.5. The van der Waals surface area contributed by atoms with Crippen molar-refractivity contribution in [1.29, 1.82) is 0 Å². The highest BCUT2D eigenvalue weighted by atomic mass is 32.2. The zero-order chi connectivity index (χ0) is 22.9. The fourth-order valence-electron chi connectivity index (χ4n) is 3.35. The Morgan fingerprint density at radius 1 is 1.09 bits per heavy atom. The molecule has 166 valence electrons. The summed E-state index contributed by atoms with van der Waals surface area (Å²) < 4.78 is 5.82. The van der Waals surface area contributed by atoms with E-state index in [0.717, 1.165) is 41.3 Å². The van der Waals surface area contributed by atoms with Crippen molar-refractivity contribution >= 4 is 28.4 Å². The lowest BCUT2D eigenvalue weighted by Gasteiger charge is -2.12. The van der Waals surface area contributed by atoms with Crippen LogP contribution < -0.4 is 10.1 Å². The van der Waals surface area contributed by atoms with Crippen molar-refractivity contribution in [1.82, 2.24) is 5.32 Å². The minimum absolute atomic E-state index is 0.0769. The lowest BCUT2D eigenvalue weighted by atomic mass is 10.0. The number of aryl methyl sites for hydroxylation is 2. The maximum Gasteiger partial charge on any atom is 0.255 e. The molecule has 0 aliphatic carbocycles. The van der Waals surface area contributed by atoms with Gasteiger partial charge < -0.3 is 15.2 Å². The third-order valence-electron chi connectivity index (χ3n) is 4.92. The van der Waals surface area contributed by atoms with E-state index in [0.29, 0.717) is 23.4 Å². The maximum absolute atomic E-state index is 12.7. The standard InChI is InChI=1S/C25H25NO5S/c1-17-9-10-22(18(2)15-17)30-12-6-5-11-26-25(28)21-16-23(32-14-13-31-29)19-7-3-4-8-20(19)24(21)27/h3-4,7-10,15-16,27,29H,5-6,11-12H2,1-2H3,(H,26,28). The SMILES string of the molecule is Cc1ccc(OCCCCNC(=O)c2cc(SC#COO)c3ccccc3c2O)c(C)c1. The molecule has 0 heterocycles. The number of ether oxygens (including phenoxy) is 1. The molecule has 3 aromatic carbocycles. The van der Waals surface area contributed by atoms with Crippen LogP contribution >= 0.6 is 11.8 Å². The predicted octanol–water partition coefficient (Wildman–Crippen LogP) is 5.25. The van der Waals surface area contributed by atoms with Crippen LogP contribution in [0.4, 0.5) is 0 Å². The summed E-state index contributed by atoms with van der Waals surface area (Å²) in [5.74, 6) is 0.434. The van der Waals surface area contributed by atoms with Crippen LogP contribution in [0.15, 0.2) is 53.4 Å². The molecule has 0 spiro atoms. The van der Waals surface area contributed by atoms with E-state index in [1.807, 2.05) is 38.1 Å². The van der Waals surface area contributed by atoms with E-state index in [1.54, 1.807) is 18.2 Å². The Morgan fingerprint density at radius 2 is 1.88 bits per heavy atom. The molecule has 7 heteroatoms. The van der Waals surface area contributed by atoms with Crippen molar-refractivity contribution in [3.63, 3.8) is 0 Å². The van der Waals surface area contributed by atoms with Gasteiger partial charge in [-0.15, -0.1) is 0 Å². The summed E-state index contributed by atoms with van der Waals surface area (Å²) in [6, 6.07) is 14.9. The number of nitrogens with one attached hydrogen (secondary N) is 1. The Bertz CT molecular complexity index is 1170. The fourth-order valence-corrected chi connectivity index (χ4v) is 4.00. The number of phenolic OH excluding ortho intramolecular Hbond substituents is 1. The van der Waals surface area contributed by atoms with Crippen LogP contribution in [0.5, 0.6) is 11.5 Å². The predicted molar refractivity (Wildman–Crippen MR) is 126 cm³/mol. The van der Waals surface area contributed by atoms with Gasteiger partial charge in [0.15, 0.2) is 6.11 Å². The second-order valence-corrected chi connectivity index (χ2v) is 8.14. The Kier molecular flexibility index (Phi) is 8.26. The number of unbranched alkanes of at least 4 members (excludes halogenated alkanes) is 1. The van der Waals surface area contributed by atoms with E-state index in [4.69, 9.17) is 9.99 Å². The van der Waals surface area contributed by atoms with Crippen LogP contribution in [0.25, 0.3) is 10.8 Å². The molecule has 0 aliphatic heterocycles. The summed E-state index contributed by atoms with van der Waals surface area (Å²) in [6.07, 6.45) is 3.62. The van der Waals surface area contributed by atoms with Crippen molar-refractivity contribution in [3.05, 3.63) is 65.2 Å². The highest BCUT2D eigenvalue weighted by Crippen LogP contribution is 2.36. The van der Waals surface area contributed by atoms with Gasteiger partial charge in [-0.3, -0.25) is 9.68 Å². The fraction of sp³-hybridized carbons (Fsp3) is 0.240. The zero-order valence-electron chi connectivity index (χ0n) is 18.0. The number of benzene rings is 3. The van der Waals surface area contributed by atoms with Crippen molar-refractivity contribution in [2.75, 3.05) is 13.2 Å². The molecular weight excluding hydrogens is 426 g/mol. The molecule has 3 aromatic rings. The number of hydrogen-bond donors (Lipinski definition) is 3. The number of hydrogen-bond acceptors (Lipinski definition) is 6. The zero-order valence-corrected chi connectivity index (χ0v) is 18.8. The molecule has 0 aromatic heterocycles. The van der Waals surface area contributed by atoms with Gasteiger partial charge in [0, 0.05) is 22.1 Å². The van der Waals surface area contributed by atoms with Crippen LogP contribution in [0, 0.1) is 25.2 Å². The molecule has 0 saturated heterocycles. The van der Waals surface area contributed by atoms with Gasteiger partial charge in [-0.2, -0.15) is 5.26 Å². The lowest BCUT2D eigenvalue weighted by molar-refractivity contribution is -0.171. The summed E-state index contributed by atoms with van der Waals surface area (Å²) >= 11 is 1.10. The van der Waals surface area contributed by atoms with Crippen molar-refractivity contribution in [2.45, 2.75) is 31.6 Å².